The van der Waals surface area contributed by atoms with Gasteiger partial charge in [0, 0.05) is 50.5 Å². The number of carbonyl (C=O) groups is 2. The van der Waals surface area contributed by atoms with E-state index < -0.39 is 0 Å². The lowest BCUT2D eigenvalue weighted by Gasteiger charge is -2.39. The van der Waals surface area contributed by atoms with Crippen LogP contribution in [0.15, 0.2) is 41.1 Å². The van der Waals surface area contributed by atoms with Crippen molar-refractivity contribution in [3.8, 4) is 11.5 Å². The summed E-state index contributed by atoms with van der Waals surface area (Å²) in [6.45, 7) is 5.83. The van der Waals surface area contributed by atoms with Gasteiger partial charge in [-0.25, -0.2) is 4.52 Å². The summed E-state index contributed by atoms with van der Waals surface area (Å²) in [6.07, 6.45) is 7.46. The van der Waals surface area contributed by atoms with Crippen LogP contribution in [0.5, 0.6) is 11.5 Å². The Hall–Kier alpha value is -3.85. The summed E-state index contributed by atoms with van der Waals surface area (Å²) in [6, 6.07) is 7.18. The molecule has 0 radical (unpaired) electrons. The topological polar surface area (TPSA) is 98.3 Å². The number of aromatic nitrogens is 2. The first-order chi connectivity index (χ1) is 17.9. The molecule has 9 nitrogen and oxygen atoms in total. The Morgan fingerprint density at radius 1 is 1.16 bits per heavy atom. The standard InChI is InChI=1S/C28H30N4O5/c1-17-21(27(34)31-12-4-9-28(16-31)10-5-13-35-28)15-32-25(17)22(8-11-30-32)37-19-6-7-20-23(14-19)36-18(2)24(20)26(33)29-3/h6-8,11,14-15H,4-5,9-10,12-13,16H2,1-3H3,(H,29,33)/t28-/m1/s1. The normalized spacial score (nSPS) is 19.7. The van der Waals surface area contributed by atoms with Crippen LogP contribution in [0.3, 0.4) is 0 Å². The number of hydrogen-bond acceptors (Lipinski definition) is 6. The van der Waals surface area contributed by atoms with Crippen LogP contribution in [0.2, 0.25) is 0 Å². The van der Waals surface area contributed by atoms with Gasteiger partial charge in [-0.2, -0.15) is 5.10 Å². The molecule has 0 bridgehead atoms. The fourth-order valence-corrected chi connectivity index (χ4v) is 5.84. The summed E-state index contributed by atoms with van der Waals surface area (Å²) in [7, 11) is 1.59. The molecule has 37 heavy (non-hydrogen) atoms. The maximum atomic E-state index is 13.6. The maximum Gasteiger partial charge on any atom is 0.255 e. The Morgan fingerprint density at radius 2 is 2.00 bits per heavy atom. The zero-order chi connectivity index (χ0) is 25.7. The van der Waals surface area contributed by atoms with Gasteiger partial charge in [0.25, 0.3) is 11.8 Å². The number of fused-ring (bicyclic) bond motifs is 2. The zero-order valence-corrected chi connectivity index (χ0v) is 21.3. The average Bonchev–Trinajstić information content (AvgIpc) is 3.58. The summed E-state index contributed by atoms with van der Waals surface area (Å²) in [5.41, 5.74) is 3.06. The van der Waals surface area contributed by atoms with E-state index in [4.69, 9.17) is 13.9 Å². The second kappa shape index (κ2) is 8.92. The smallest absolute Gasteiger partial charge is 0.255 e. The molecule has 1 atom stereocenters. The van der Waals surface area contributed by atoms with Gasteiger partial charge in [-0.05, 0) is 57.2 Å². The molecule has 0 unspecified atom stereocenters. The predicted molar refractivity (Wildman–Crippen MR) is 137 cm³/mol. The number of nitrogens with one attached hydrogen (secondary N) is 1. The highest BCUT2D eigenvalue weighted by Crippen LogP contribution is 2.37. The highest BCUT2D eigenvalue weighted by atomic mass is 16.5. The zero-order valence-electron chi connectivity index (χ0n) is 21.3. The molecular formula is C28H30N4O5. The summed E-state index contributed by atoms with van der Waals surface area (Å²) < 4.78 is 19.9. The molecule has 2 saturated heterocycles. The number of nitrogens with zero attached hydrogens (tertiary/aromatic N) is 3. The van der Waals surface area contributed by atoms with Crippen molar-refractivity contribution in [2.75, 3.05) is 26.7 Å². The molecule has 1 spiro atoms. The number of hydrogen-bond donors (Lipinski definition) is 1. The van der Waals surface area contributed by atoms with E-state index in [2.05, 4.69) is 10.4 Å². The van der Waals surface area contributed by atoms with Crippen LogP contribution in [0.1, 0.15) is 57.7 Å². The molecule has 192 valence electrons. The summed E-state index contributed by atoms with van der Waals surface area (Å²) in [4.78, 5) is 27.8. The lowest BCUT2D eigenvalue weighted by molar-refractivity contribution is -0.0446. The van der Waals surface area contributed by atoms with Gasteiger partial charge >= 0.3 is 0 Å². The molecule has 1 aromatic carbocycles. The quantitative estimate of drug-likeness (QED) is 0.437. The molecule has 4 aromatic rings. The SMILES string of the molecule is CNC(=O)c1c(C)oc2cc(Oc3ccnn4cc(C(=O)N5CCC[C@@]6(CCCO6)C5)c(C)c34)ccc12. The first-order valence-electron chi connectivity index (χ1n) is 12.7. The minimum absolute atomic E-state index is 0.00210. The molecule has 3 aromatic heterocycles. The fourth-order valence-electron chi connectivity index (χ4n) is 5.84. The summed E-state index contributed by atoms with van der Waals surface area (Å²) in [5.74, 6) is 1.49. The van der Waals surface area contributed by atoms with Crippen LogP contribution in [-0.2, 0) is 4.74 Å². The Bertz CT molecular complexity index is 1530. The third-order valence-electron chi connectivity index (χ3n) is 7.65. The van der Waals surface area contributed by atoms with Gasteiger partial charge in [-0.15, -0.1) is 0 Å². The van der Waals surface area contributed by atoms with E-state index in [0.29, 0.717) is 40.5 Å². The van der Waals surface area contributed by atoms with Crippen molar-refractivity contribution >= 4 is 28.3 Å². The fraction of sp³-hybridized carbons (Fsp3) is 0.393. The van der Waals surface area contributed by atoms with E-state index in [1.807, 2.05) is 17.9 Å². The molecule has 2 fully saturated rings. The molecule has 1 N–H and O–H groups in total. The molecule has 0 aliphatic carbocycles. The lowest BCUT2D eigenvalue weighted by Crippen LogP contribution is -2.50. The van der Waals surface area contributed by atoms with Crippen molar-refractivity contribution in [1.82, 2.24) is 19.8 Å². The van der Waals surface area contributed by atoms with Gasteiger partial charge in [-0.1, -0.05) is 0 Å². The number of aryl methyl sites for hydroxylation is 2. The lowest BCUT2D eigenvalue weighted by atomic mass is 9.89. The van der Waals surface area contributed by atoms with E-state index in [9.17, 15) is 9.59 Å². The number of likely N-dealkylation sites (tertiary alicyclic amines) is 1. The predicted octanol–water partition coefficient (Wildman–Crippen LogP) is 4.63. The Balaban J connectivity index is 1.31. The molecule has 2 aliphatic rings. The van der Waals surface area contributed by atoms with E-state index in [1.54, 1.807) is 49.1 Å². The van der Waals surface area contributed by atoms with Crippen molar-refractivity contribution in [3.63, 3.8) is 0 Å². The molecule has 5 heterocycles. The minimum Gasteiger partial charge on any atom is -0.460 e. The largest absolute Gasteiger partial charge is 0.460 e. The minimum atomic E-state index is -0.194. The van der Waals surface area contributed by atoms with Gasteiger partial charge in [0.05, 0.1) is 22.9 Å². The number of furan rings is 1. The van der Waals surface area contributed by atoms with Crippen LogP contribution < -0.4 is 10.1 Å². The molecule has 6 rings (SSSR count). The Morgan fingerprint density at radius 3 is 2.78 bits per heavy atom. The van der Waals surface area contributed by atoms with E-state index in [1.165, 1.54) is 0 Å². The monoisotopic (exact) mass is 502 g/mol. The van der Waals surface area contributed by atoms with E-state index >= 15 is 0 Å². The van der Waals surface area contributed by atoms with Crippen molar-refractivity contribution in [2.45, 2.75) is 45.1 Å². The van der Waals surface area contributed by atoms with E-state index in [0.717, 1.165) is 55.3 Å². The van der Waals surface area contributed by atoms with E-state index in [-0.39, 0.29) is 17.4 Å². The molecule has 0 saturated carbocycles. The number of piperidine rings is 1. The van der Waals surface area contributed by atoms with Crippen molar-refractivity contribution < 1.29 is 23.5 Å². The van der Waals surface area contributed by atoms with Crippen LogP contribution >= 0.6 is 0 Å². The van der Waals surface area contributed by atoms with Crippen molar-refractivity contribution in [1.29, 1.82) is 0 Å². The Kier molecular flexibility index (Phi) is 5.67. The first-order valence-corrected chi connectivity index (χ1v) is 12.7. The van der Waals surface area contributed by atoms with Gasteiger partial charge in [-0.3, -0.25) is 9.59 Å². The number of amides is 2. The molecular weight excluding hydrogens is 472 g/mol. The summed E-state index contributed by atoms with van der Waals surface area (Å²) in [5, 5.41) is 7.81. The van der Waals surface area contributed by atoms with Gasteiger partial charge in [0.15, 0.2) is 5.75 Å². The average molecular weight is 503 g/mol. The number of benzene rings is 1. The van der Waals surface area contributed by atoms with Crippen molar-refractivity contribution in [2.24, 2.45) is 0 Å². The molecule has 2 amide bonds. The first kappa shape index (κ1) is 23.5. The number of ether oxygens (including phenoxy) is 2. The van der Waals surface area contributed by atoms with Gasteiger partial charge in [0.1, 0.15) is 22.6 Å². The Labute approximate surface area is 214 Å². The third-order valence-corrected chi connectivity index (χ3v) is 7.65. The molecule has 9 heteroatoms. The van der Waals surface area contributed by atoms with Crippen molar-refractivity contribution in [3.05, 3.63) is 59.1 Å². The van der Waals surface area contributed by atoms with Crippen LogP contribution in [0.25, 0.3) is 16.5 Å². The number of carbonyl (C=O) groups excluding carboxylic acids is 2. The van der Waals surface area contributed by atoms with Crippen LogP contribution in [0, 0.1) is 13.8 Å². The molecule has 2 aliphatic heterocycles. The second-order valence-electron chi connectivity index (χ2n) is 9.99. The maximum absolute atomic E-state index is 13.6. The van der Waals surface area contributed by atoms with Gasteiger partial charge in [0.2, 0.25) is 0 Å². The highest BCUT2D eigenvalue weighted by Gasteiger charge is 2.41. The van der Waals surface area contributed by atoms with Gasteiger partial charge < -0.3 is 24.1 Å². The second-order valence-corrected chi connectivity index (χ2v) is 9.99. The highest BCUT2D eigenvalue weighted by molar-refractivity contribution is 6.07. The summed E-state index contributed by atoms with van der Waals surface area (Å²) >= 11 is 0. The third kappa shape index (κ3) is 3.94. The van der Waals surface area contributed by atoms with Crippen LogP contribution in [0.4, 0.5) is 0 Å². The number of rotatable bonds is 4. The van der Waals surface area contributed by atoms with Crippen LogP contribution in [-0.4, -0.2) is 58.7 Å².